The second-order valence-corrected chi connectivity index (χ2v) is 8.98. The zero-order valence-electron chi connectivity index (χ0n) is 18.4. The lowest BCUT2D eigenvalue weighted by atomic mass is 9.81. The standard InChI is InChI=1S/C26H34N2O3/c1-19(8-7-11-20-9-3-2-4-10-20)31-23-15-24-26(25(30)16-23)21(17-27-18-29)14-22-12-5-6-13-28(22)24/h2-4,9-10,15-16,18-19,21-22,30H,5-8,11-14,17H2,1H3,(H,27,29). The molecule has 0 aliphatic carbocycles. The molecule has 0 radical (unpaired) electrons. The fraction of sp³-hybridized carbons (Fsp3) is 0.500. The van der Waals surface area contributed by atoms with Crippen LogP contribution in [0.3, 0.4) is 0 Å². The lowest BCUT2D eigenvalue weighted by Crippen LogP contribution is -2.45. The minimum absolute atomic E-state index is 0.0782. The van der Waals surface area contributed by atoms with Gasteiger partial charge in [-0.25, -0.2) is 0 Å². The number of piperidine rings is 1. The van der Waals surface area contributed by atoms with Crippen molar-refractivity contribution in [3.63, 3.8) is 0 Å². The van der Waals surface area contributed by atoms with Gasteiger partial charge in [0.25, 0.3) is 0 Å². The Hall–Kier alpha value is -2.69. The van der Waals surface area contributed by atoms with Gasteiger partial charge in [-0.1, -0.05) is 30.3 Å². The molecule has 2 aromatic rings. The smallest absolute Gasteiger partial charge is 0.207 e. The lowest BCUT2D eigenvalue weighted by Gasteiger charge is -2.45. The maximum absolute atomic E-state index is 10.9. The summed E-state index contributed by atoms with van der Waals surface area (Å²) in [5.41, 5.74) is 3.39. The SMILES string of the molecule is CC(CCCc1ccccc1)Oc1cc(O)c2c(c1)N1CCCCC1CC2CNC=O. The Morgan fingerprint density at radius 1 is 1.26 bits per heavy atom. The summed E-state index contributed by atoms with van der Waals surface area (Å²) in [7, 11) is 0. The molecule has 1 saturated heterocycles. The van der Waals surface area contributed by atoms with Gasteiger partial charge in [-0.2, -0.15) is 0 Å². The molecule has 5 heteroatoms. The highest BCUT2D eigenvalue weighted by atomic mass is 16.5. The number of nitrogens with one attached hydrogen (secondary N) is 1. The van der Waals surface area contributed by atoms with Crippen molar-refractivity contribution < 1.29 is 14.6 Å². The van der Waals surface area contributed by atoms with Crippen LogP contribution >= 0.6 is 0 Å². The summed E-state index contributed by atoms with van der Waals surface area (Å²) in [5.74, 6) is 1.15. The Morgan fingerprint density at radius 2 is 2.10 bits per heavy atom. The number of carbonyl (C=O) groups excluding carboxylic acids is 1. The van der Waals surface area contributed by atoms with Crippen molar-refractivity contribution >= 4 is 12.1 Å². The van der Waals surface area contributed by atoms with E-state index in [1.807, 2.05) is 6.07 Å². The molecule has 166 valence electrons. The molecule has 2 aliphatic rings. The summed E-state index contributed by atoms with van der Waals surface area (Å²) in [4.78, 5) is 13.3. The summed E-state index contributed by atoms with van der Waals surface area (Å²) < 4.78 is 6.24. The predicted octanol–water partition coefficient (Wildman–Crippen LogP) is 4.77. The van der Waals surface area contributed by atoms with Gasteiger partial charge in [-0.3, -0.25) is 4.79 Å². The molecule has 0 aromatic heterocycles. The van der Waals surface area contributed by atoms with Crippen molar-refractivity contribution in [1.29, 1.82) is 0 Å². The minimum Gasteiger partial charge on any atom is -0.507 e. The largest absolute Gasteiger partial charge is 0.507 e. The molecule has 2 aliphatic heterocycles. The second kappa shape index (κ2) is 10.1. The monoisotopic (exact) mass is 422 g/mol. The number of rotatable bonds is 9. The number of hydrogen-bond acceptors (Lipinski definition) is 4. The molecule has 1 fully saturated rings. The fourth-order valence-electron chi connectivity index (χ4n) is 5.24. The maximum atomic E-state index is 10.9. The molecular formula is C26H34N2O3. The summed E-state index contributed by atoms with van der Waals surface area (Å²) in [6.45, 7) is 3.67. The molecule has 3 atom stereocenters. The highest BCUT2D eigenvalue weighted by molar-refractivity contribution is 5.67. The van der Waals surface area contributed by atoms with E-state index in [9.17, 15) is 9.90 Å². The summed E-state index contributed by atoms with van der Waals surface area (Å²) >= 11 is 0. The highest BCUT2D eigenvalue weighted by Crippen LogP contribution is 2.47. The number of aryl methyl sites for hydroxylation is 1. The van der Waals surface area contributed by atoms with Gasteiger partial charge in [-0.15, -0.1) is 0 Å². The van der Waals surface area contributed by atoms with Crippen molar-refractivity contribution in [2.75, 3.05) is 18.0 Å². The van der Waals surface area contributed by atoms with Crippen LogP contribution in [0.4, 0.5) is 5.69 Å². The van der Waals surface area contributed by atoms with Crippen LogP contribution in [-0.2, 0) is 11.2 Å². The first-order chi connectivity index (χ1) is 15.2. The molecular weight excluding hydrogens is 388 g/mol. The van der Waals surface area contributed by atoms with E-state index in [2.05, 4.69) is 47.5 Å². The van der Waals surface area contributed by atoms with Crippen LogP contribution in [0, 0.1) is 0 Å². The van der Waals surface area contributed by atoms with Crippen LogP contribution in [0.1, 0.15) is 62.5 Å². The van der Waals surface area contributed by atoms with Gasteiger partial charge in [0, 0.05) is 48.4 Å². The van der Waals surface area contributed by atoms with Gasteiger partial charge < -0.3 is 20.1 Å². The molecule has 3 unspecified atom stereocenters. The lowest BCUT2D eigenvalue weighted by molar-refractivity contribution is -0.109. The number of anilines is 1. The van der Waals surface area contributed by atoms with E-state index < -0.39 is 0 Å². The average Bonchev–Trinajstić information content (AvgIpc) is 2.78. The molecule has 0 bridgehead atoms. The van der Waals surface area contributed by atoms with Crippen LogP contribution in [-0.4, -0.2) is 36.8 Å². The van der Waals surface area contributed by atoms with E-state index in [0.717, 1.165) is 55.6 Å². The number of hydrogen-bond donors (Lipinski definition) is 2. The van der Waals surface area contributed by atoms with E-state index in [1.54, 1.807) is 6.07 Å². The van der Waals surface area contributed by atoms with Crippen molar-refractivity contribution in [3.05, 3.63) is 53.6 Å². The molecule has 31 heavy (non-hydrogen) atoms. The normalized spacial score (nSPS) is 21.0. The fourth-order valence-corrected chi connectivity index (χ4v) is 5.24. The molecule has 1 amide bonds. The average molecular weight is 423 g/mol. The van der Waals surface area contributed by atoms with E-state index in [0.29, 0.717) is 12.6 Å². The number of ether oxygens (including phenoxy) is 1. The van der Waals surface area contributed by atoms with Crippen LogP contribution in [0.25, 0.3) is 0 Å². The number of carbonyl (C=O) groups is 1. The Labute approximate surface area is 185 Å². The molecule has 2 N–H and O–H groups in total. The number of phenolic OH excluding ortho intramolecular Hbond substituents is 1. The molecule has 2 heterocycles. The summed E-state index contributed by atoms with van der Waals surface area (Å²) in [6, 6.07) is 14.9. The second-order valence-electron chi connectivity index (χ2n) is 8.98. The molecule has 2 aromatic carbocycles. The van der Waals surface area contributed by atoms with Crippen LogP contribution in [0.2, 0.25) is 0 Å². The highest BCUT2D eigenvalue weighted by Gasteiger charge is 2.36. The van der Waals surface area contributed by atoms with E-state index in [4.69, 9.17) is 4.74 Å². The first-order valence-electron chi connectivity index (χ1n) is 11.7. The maximum Gasteiger partial charge on any atom is 0.207 e. The van der Waals surface area contributed by atoms with E-state index in [1.165, 1.54) is 24.8 Å². The minimum atomic E-state index is 0.0782. The third-order valence-electron chi connectivity index (χ3n) is 6.72. The zero-order valence-corrected chi connectivity index (χ0v) is 18.4. The number of nitrogens with zero attached hydrogens (tertiary/aromatic N) is 1. The number of amides is 1. The van der Waals surface area contributed by atoms with Gasteiger partial charge in [-0.05, 0) is 57.4 Å². The third-order valence-corrected chi connectivity index (χ3v) is 6.72. The van der Waals surface area contributed by atoms with Gasteiger partial charge in [0.05, 0.1) is 6.10 Å². The first-order valence-corrected chi connectivity index (χ1v) is 11.7. The number of aromatic hydroxyl groups is 1. The molecule has 0 spiro atoms. The van der Waals surface area contributed by atoms with Crippen molar-refractivity contribution in [2.45, 2.75) is 69.9 Å². The number of fused-ring (bicyclic) bond motifs is 3. The summed E-state index contributed by atoms with van der Waals surface area (Å²) in [6.07, 6.45) is 8.45. The quantitative estimate of drug-likeness (QED) is 0.571. The predicted molar refractivity (Wildman–Crippen MR) is 124 cm³/mol. The van der Waals surface area contributed by atoms with Gasteiger partial charge in [0.15, 0.2) is 0 Å². The van der Waals surface area contributed by atoms with Gasteiger partial charge in [0.2, 0.25) is 6.41 Å². The third kappa shape index (κ3) is 5.15. The Bertz CT molecular complexity index is 870. The Balaban J connectivity index is 1.46. The van der Waals surface area contributed by atoms with Crippen LogP contribution in [0.5, 0.6) is 11.5 Å². The number of benzene rings is 2. The van der Waals surface area contributed by atoms with Gasteiger partial charge >= 0.3 is 0 Å². The Morgan fingerprint density at radius 3 is 2.90 bits per heavy atom. The Kier molecular flexibility index (Phi) is 7.00. The first kappa shape index (κ1) is 21.5. The molecule has 5 nitrogen and oxygen atoms in total. The van der Waals surface area contributed by atoms with E-state index in [-0.39, 0.29) is 17.8 Å². The molecule has 4 rings (SSSR count). The zero-order chi connectivity index (χ0) is 21.6. The van der Waals surface area contributed by atoms with Crippen molar-refractivity contribution in [1.82, 2.24) is 5.32 Å². The van der Waals surface area contributed by atoms with Crippen LogP contribution in [0.15, 0.2) is 42.5 Å². The number of phenols is 1. The van der Waals surface area contributed by atoms with Crippen molar-refractivity contribution in [3.8, 4) is 11.5 Å². The van der Waals surface area contributed by atoms with Gasteiger partial charge in [0.1, 0.15) is 11.5 Å². The molecule has 0 saturated carbocycles. The van der Waals surface area contributed by atoms with Crippen molar-refractivity contribution in [2.24, 2.45) is 0 Å². The summed E-state index contributed by atoms with van der Waals surface area (Å²) in [5, 5.41) is 13.7. The van der Waals surface area contributed by atoms with Crippen LogP contribution < -0.4 is 15.0 Å². The topological polar surface area (TPSA) is 61.8 Å². The van der Waals surface area contributed by atoms with E-state index >= 15 is 0 Å².